The Kier molecular flexibility index (Phi) is 5.40. The van der Waals surface area contributed by atoms with Crippen molar-refractivity contribution in [3.8, 4) is 0 Å². The molecule has 1 N–H and O–H groups in total. The Morgan fingerprint density at radius 3 is 2.70 bits per heavy atom. The number of rotatable bonds is 6. The van der Waals surface area contributed by atoms with Gasteiger partial charge in [0, 0.05) is 6.07 Å². The highest BCUT2D eigenvalue weighted by atomic mass is 16.6. The minimum Gasteiger partial charge on any atom is -0.467 e. The number of nitrogens with zero attached hydrogens (tertiary/aromatic N) is 1. The molecule has 0 aromatic heterocycles. The van der Waals surface area contributed by atoms with Gasteiger partial charge in [0.25, 0.3) is 11.6 Å². The highest BCUT2D eigenvalue weighted by Crippen LogP contribution is 2.17. The summed E-state index contributed by atoms with van der Waals surface area (Å²) >= 11 is 0. The summed E-state index contributed by atoms with van der Waals surface area (Å²) in [5.74, 6) is -1.36. The van der Waals surface area contributed by atoms with Gasteiger partial charge >= 0.3 is 5.97 Å². The average molecular weight is 278 g/mol. The van der Waals surface area contributed by atoms with Crippen LogP contribution in [0, 0.1) is 10.1 Å². The van der Waals surface area contributed by atoms with Crippen LogP contribution in [0.1, 0.15) is 16.8 Å². The maximum Gasteiger partial charge on any atom is 0.328 e. The summed E-state index contributed by atoms with van der Waals surface area (Å²) in [7, 11) is 1.19. The van der Waals surface area contributed by atoms with Gasteiger partial charge in [-0.05, 0) is 12.5 Å². The van der Waals surface area contributed by atoms with Crippen LogP contribution in [-0.2, 0) is 9.53 Å². The summed E-state index contributed by atoms with van der Waals surface area (Å²) in [6, 6.07) is 4.56. The molecule has 7 heteroatoms. The van der Waals surface area contributed by atoms with Crippen molar-refractivity contribution in [3.05, 3.63) is 52.6 Å². The number of para-hydroxylation sites is 1. The Labute approximate surface area is 115 Å². The van der Waals surface area contributed by atoms with E-state index in [1.54, 1.807) is 0 Å². The fourth-order valence-corrected chi connectivity index (χ4v) is 1.58. The van der Waals surface area contributed by atoms with Crippen molar-refractivity contribution >= 4 is 17.6 Å². The van der Waals surface area contributed by atoms with Crippen molar-refractivity contribution in [1.82, 2.24) is 5.32 Å². The first-order chi connectivity index (χ1) is 9.51. The summed E-state index contributed by atoms with van der Waals surface area (Å²) in [5, 5.41) is 13.2. The van der Waals surface area contributed by atoms with Crippen LogP contribution in [0.15, 0.2) is 36.9 Å². The average Bonchev–Trinajstić information content (AvgIpc) is 2.45. The number of methoxy groups -OCH3 is 1. The van der Waals surface area contributed by atoms with Gasteiger partial charge in [-0.25, -0.2) is 4.79 Å². The van der Waals surface area contributed by atoms with Crippen molar-refractivity contribution in [2.24, 2.45) is 0 Å². The molecule has 0 radical (unpaired) electrons. The molecule has 0 heterocycles. The molecule has 1 amide bonds. The Morgan fingerprint density at radius 2 is 2.15 bits per heavy atom. The van der Waals surface area contributed by atoms with Crippen molar-refractivity contribution in [1.29, 1.82) is 0 Å². The third-order valence-corrected chi connectivity index (χ3v) is 2.54. The lowest BCUT2D eigenvalue weighted by Gasteiger charge is -2.14. The maximum atomic E-state index is 12.0. The lowest BCUT2D eigenvalue weighted by molar-refractivity contribution is -0.385. The second-order valence-corrected chi connectivity index (χ2v) is 3.85. The number of carbonyl (C=O) groups is 2. The lowest BCUT2D eigenvalue weighted by atomic mass is 10.1. The molecule has 0 unspecified atom stereocenters. The summed E-state index contributed by atoms with van der Waals surface area (Å²) in [5.41, 5.74) is -0.442. The van der Waals surface area contributed by atoms with E-state index in [0.717, 1.165) is 0 Å². The fraction of sp³-hybridized carbons (Fsp3) is 0.231. The van der Waals surface area contributed by atoms with E-state index in [0.29, 0.717) is 0 Å². The second-order valence-electron chi connectivity index (χ2n) is 3.85. The maximum absolute atomic E-state index is 12.0. The topological polar surface area (TPSA) is 98.5 Å². The molecule has 1 aromatic carbocycles. The van der Waals surface area contributed by atoms with Crippen molar-refractivity contribution < 1.29 is 19.2 Å². The minimum atomic E-state index is -0.926. The number of nitro benzene ring substituents is 1. The summed E-state index contributed by atoms with van der Waals surface area (Å²) in [6.07, 6.45) is 1.61. The third-order valence-electron chi connectivity index (χ3n) is 2.54. The van der Waals surface area contributed by atoms with E-state index < -0.39 is 22.8 Å². The number of ether oxygens (including phenoxy) is 1. The molecule has 0 aliphatic heterocycles. The molecule has 0 saturated heterocycles. The van der Waals surface area contributed by atoms with E-state index >= 15 is 0 Å². The number of nitrogens with one attached hydrogen (secondary N) is 1. The van der Waals surface area contributed by atoms with Gasteiger partial charge in [-0.2, -0.15) is 0 Å². The molecular formula is C13H14N2O5. The van der Waals surface area contributed by atoms with Gasteiger partial charge < -0.3 is 10.1 Å². The number of benzene rings is 1. The molecule has 106 valence electrons. The van der Waals surface area contributed by atoms with Gasteiger partial charge in [-0.15, -0.1) is 6.58 Å². The van der Waals surface area contributed by atoms with E-state index in [1.165, 1.54) is 37.5 Å². The Balaban J connectivity index is 2.97. The molecule has 0 bridgehead atoms. The summed E-state index contributed by atoms with van der Waals surface area (Å²) in [6.45, 7) is 3.48. The van der Waals surface area contributed by atoms with Crippen LogP contribution in [0.4, 0.5) is 5.69 Å². The molecule has 0 aliphatic rings. The van der Waals surface area contributed by atoms with E-state index in [2.05, 4.69) is 16.6 Å². The van der Waals surface area contributed by atoms with Gasteiger partial charge in [0.05, 0.1) is 12.0 Å². The Morgan fingerprint density at radius 1 is 1.50 bits per heavy atom. The van der Waals surface area contributed by atoms with Crippen molar-refractivity contribution in [2.45, 2.75) is 12.5 Å². The number of hydrogen-bond acceptors (Lipinski definition) is 5. The second kappa shape index (κ2) is 7.03. The first kappa shape index (κ1) is 15.4. The van der Waals surface area contributed by atoms with Crippen LogP contribution in [0.25, 0.3) is 0 Å². The van der Waals surface area contributed by atoms with Crippen LogP contribution in [0.3, 0.4) is 0 Å². The summed E-state index contributed by atoms with van der Waals surface area (Å²) < 4.78 is 4.54. The predicted octanol–water partition coefficient (Wildman–Crippen LogP) is 1.44. The predicted molar refractivity (Wildman–Crippen MR) is 71.2 cm³/mol. The quantitative estimate of drug-likeness (QED) is 0.367. The number of amides is 1. The standard InChI is InChI=1S/C13H14N2O5/c1-3-6-10(13(17)20-2)14-12(16)9-7-4-5-8-11(9)15(18)19/h3-5,7-8,10H,1,6H2,2H3,(H,14,16)/t10-/m0/s1. The highest BCUT2D eigenvalue weighted by Gasteiger charge is 2.25. The van der Waals surface area contributed by atoms with Gasteiger partial charge in [0.2, 0.25) is 0 Å². The van der Waals surface area contributed by atoms with Gasteiger partial charge in [0.1, 0.15) is 11.6 Å². The van der Waals surface area contributed by atoms with E-state index in [1.807, 2.05) is 0 Å². The molecule has 0 aliphatic carbocycles. The Hall–Kier alpha value is -2.70. The largest absolute Gasteiger partial charge is 0.467 e. The molecule has 0 fully saturated rings. The van der Waals surface area contributed by atoms with E-state index in [9.17, 15) is 19.7 Å². The minimum absolute atomic E-state index is 0.115. The van der Waals surface area contributed by atoms with E-state index in [-0.39, 0.29) is 17.7 Å². The van der Waals surface area contributed by atoms with Gasteiger partial charge in [-0.1, -0.05) is 18.2 Å². The smallest absolute Gasteiger partial charge is 0.328 e. The molecule has 1 atom stereocenters. The SMILES string of the molecule is C=CC[C@H](NC(=O)c1ccccc1[N+](=O)[O-])C(=O)OC. The molecule has 7 nitrogen and oxygen atoms in total. The number of esters is 1. The van der Waals surface area contributed by atoms with Crippen LogP contribution in [0.2, 0.25) is 0 Å². The van der Waals surface area contributed by atoms with Gasteiger partial charge in [-0.3, -0.25) is 14.9 Å². The van der Waals surface area contributed by atoms with Crippen LogP contribution >= 0.6 is 0 Å². The molecule has 20 heavy (non-hydrogen) atoms. The molecule has 0 spiro atoms. The zero-order valence-electron chi connectivity index (χ0n) is 10.9. The monoisotopic (exact) mass is 278 g/mol. The number of carbonyl (C=O) groups excluding carboxylic acids is 2. The lowest BCUT2D eigenvalue weighted by Crippen LogP contribution is -2.41. The molecular weight excluding hydrogens is 264 g/mol. The fourth-order valence-electron chi connectivity index (χ4n) is 1.58. The first-order valence-corrected chi connectivity index (χ1v) is 5.74. The first-order valence-electron chi connectivity index (χ1n) is 5.74. The van der Waals surface area contributed by atoms with Crippen LogP contribution in [-0.4, -0.2) is 30.0 Å². The highest BCUT2D eigenvalue weighted by molar-refractivity contribution is 6.00. The van der Waals surface area contributed by atoms with E-state index in [4.69, 9.17) is 0 Å². The molecule has 0 saturated carbocycles. The number of nitro groups is 1. The van der Waals surface area contributed by atoms with Crippen LogP contribution in [0.5, 0.6) is 0 Å². The normalized spacial score (nSPS) is 11.2. The zero-order chi connectivity index (χ0) is 15.1. The van der Waals surface area contributed by atoms with Crippen molar-refractivity contribution in [2.75, 3.05) is 7.11 Å². The third kappa shape index (κ3) is 3.64. The Bertz CT molecular complexity index is 541. The summed E-state index contributed by atoms with van der Waals surface area (Å²) in [4.78, 5) is 33.7. The molecule has 1 rings (SSSR count). The van der Waals surface area contributed by atoms with Gasteiger partial charge in [0.15, 0.2) is 0 Å². The number of hydrogen-bond donors (Lipinski definition) is 1. The van der Waals surface area contributed by atoms with Crippen LogP contribution < -0.4 is 5.32 Å². The molecule has 1 aromatic rings. The van der Waals surface area contributed by atoms with Crippen molar-refractivity contribution in [3.63, 3.8) is 0 Å². The zero-order valence-corrected chi connectivity index (χ0v) is 10.9.